The number of rotatable bonds is 4. The van der Waals surface area contributed by atoms with Crippen LogP contribution in [-0.4, -0.2) is 5.91 Å². The highest BCUT2D eigenvalue weighted by atomic mass is 19.2. The molecule has 2 rings (SSSR count). The molecule has 2 aromatic rings. The first-order valence-corrected chi connectivity index (χ1v) is 6.94. The number of amides is 1. The normalized spacial score (nSPS) is 12.3. The molecule has 23 heavy (non-hydrogen) atoms. The van der Waals surface area contributed by atoms with E-state index in [1.807, 2.05) is 30.3 Å². The van der Waals surface area contributed by atoms with E-state index in [1.54, 1.807) is 13.0 Å². The summed E-state index contributed by atoms with van der Waals surface area (Å²) < 4.78 is 26.1. The highest BCUT2D eigenvalue weighted by molar-refractivity contribution is 6.01. The lowest BCUT2D eigenvalue weighted by atomic mass is 10.1. The number of hydrogen-bond acceptors (Lipinski definition) is 2. The van der Waals surface area contributed by atoms with Crippen LogP contribution in [-0.2, 0) is 4.79 Å². The Labute approximate surface area is 132 Å². The summed E-state index contributed by atoms with van der Waals surface area (Å²) in [4.78, 5) is 12.1. The van der Waals surface area contributed by atoms with Crippen LogP contribution in [0.3, 0.4) is 0 Å². The number of benzene rings is 2. The summed E-state index contributed by atoms with van der Waals surface area (Å²) in [5.41, 5.74) is 0.952. The van der Waals surface area contributed by atoms with Crippen molar-refractivity contribution in [3.8, 4) is 6.07 Å². The number of nitrogens with one attached hydrogen (secondary N) is 1. The topological polar surface area (TPSA) is 52.9 Å². The Morgan fingerprint density at radius 3 is 2.48 bits per heavy atom. The van der Waals surface area contributed by atoms with Gasteiger partial charge in [0, 0.05) is 0 Å². The molecule has 1 amide bonds. The lowest BCUT2D eigenvalue weighted by molar-refractivity contribution is -0.117. The summed E-state index contributed by atoms with van der Waals surface area (Å²) in [6.07, 6.45) is 1.22. The largest absolute Gasteiger partial charge is 0.345 e. The molecule has 1 unspecified atom stereocenters. The van der Waals surface area contributed by atoms with Gasteiger partial charge in [-0.1, -0.05) is 36.4 Å². The number of carbonyl (C=O) groups excluding carboxylic acids is 1. The first-order chi connectivity index (χ1) is 11.0. The molecular weight excluding hydrogens is 298 g/mol. The lowest BCUT2D eigenvalue weighted by Gasteiger charge is -2.13. The molecule has 116 valence electrons. The van der Waals surface area contributed by atoms with Crippen LogP contribution in [0.2, 0.25) is 0 Å². The molecule has 0 aliphatic heterocycles. The monoisotopic (exact) mass is 312 g/mol. The predicted molar refractivity (Wildman–Crippen MR) is 82.9 cm³/mol. The van der Waals surface area contributed by atoms with Crippen LogP contribution < -0.4 is 5.32 Å². The van der Waals surface area contributed by atoms with Crippen molar-refractivity contribution in [3.05, 3.63) is 76.9 Å². The first kappa shape index (κ1) is 16.4. The van der Waals surface area contributed by atoms with Crippen molar-refractivity contribution >= 4 is 12.0 Å². The molecular formula is C18H14F2N2O. The summed E-state index contributed by atoms with van der Waals surface area (Å²) in [6, 6.07) is 13.9. The fourth-order valence-electron chi connectivity index (χ4n) is 2.02. The maximum atomic E-state index is 13.2. The van der Waals surface area contributed by atoms with E-state index in [4.69, 9.17) is 5.26 Å². The molecule has 2 aromatic carbocycles. The Balaban J connectivity index is 2.17. The number of halogens is 2. The molecule has 0 aromatic heterocycles. The quantitative estimate of drug-likeness (QED) is 0.690. The molecule has 0 radical (unpaired) electrons. The van der Waals surface area contributed by atoms with E-state index in [-0.39, 0.29) is 17.2 Å². The molecule has 3 nitrogen and oxygen atoms in total. The van der Waals surface area contributed by atoms with E-state index in [9.17, 15) is 13.6 Å². The Morgan fingerprint density at radius 2 is 1.87 bits per heavy atom. The van der Waals surface area contributed by atoms with Crippen molar-refractivity contribution in [2.75, 3.05) is 0 Å². The fraction of sp³-hybridized carbons (Fsp3) is 0.111. The third-order valence-corrected chi connectivity index (χ3v) is 3.27. The van der Waals surface area contributed by atoms with Gasteiger partial charge in [0.05, 0.1) is 6.04 Å². The van der Waals surface area contributed by atoms with Crippen LogP contribution in [0.15, 0.2) is 54.1 Å². The van der Waals surface area contributed by atoms with Crippen LogP contribution in [0.5, 0.6) is 0 Å². The lowest BCUT2D eigenvalue weighted by Crippen LogP contribution is -2.27. The zero-order valence-corrected chi connectivity index (χ0v) is 12.4. The van der Waals surface area contributed by atoms with Gasteiger partial charge in [0.2, 0.25) is 0 Å². The van der Waals surface area contributed by atoms with E-state index < -0.39 is 17.5 Å². The molecule has 0 heterocycles. The summed E-state index contributed by atoms with van der Waals surface area (Å²) in [7, 11) is 0. The van der Waals surface area contributed by atoms with Crippen molar-refractivity contribution in [2.45, 2.75) is 13.0 Å². The van der Waals surface area contributed by atoms with E-state index >= 15 is 0 Å². The molecule has 0 aliphatic carbocycles. The van der Waals surface area contributed by atoms with E-state index in [0.717, 1.165) is 17.7 Å². The summed E-state index contributed by atoms with van der Waals surface area (Å²) >= 11 is 0. The van der Waals surface area contributed by atoms with Gasteiger partial charge in [-0.25, -0.2) is 8.78 Å². The predicted octanol–water partition coefficient (Wildman–Crippen LogP) is 3.75. The molecule has 0 spiro atoms. The zero-order valence-electron chi connectivity index (χ0n) is 12.4. The van der Waals surface area contributed by atoms with Crippen molar-refractivity contribution in [3.63, 3.8) is 0 Å². The minimum atomic E-state index is -1.03. The van der Waals surface area contributed by atoms with Crippen molar-refractivity contribution < 1.29 is 13.6 Å². The van der Waals surface area contributed by atoms with E-state index in [2.05, 4.69) is 5.32 Å². The van der Waals surface area contributed by atoms with Gasteiger partial charge in [0.25, 0.3) is 5.91 Å². The third-order valence-electron chi connectivity index (χ3n) is 3.27. The second kappa shape index (κ2) is 7.32. The van der Waals surface area contributed by atoms with Crippen LogP contribution in [0.25, 0.3) is 6.08 Å². The van der Waals surface area contributed by atoms with Gasteiger partial charge in [-0.05, 0) is 36.3 Å². The SMILES string of the molecule is CC(NC(=O)/C(C#N)=C/c1ccc(F)c(F)c1)c1ccccc1. The molecule has 1 N–H and O–H groups in total. The third kappa shape index (κ3) is 4.24. The zero-order chi connectivity index (χ0) is 16.8. The molecule has 0 bridgehead atoms. The van der Waals surface area contributed by atoms with Gasteiger partial charge < -0.3 is 5.32 Å². The second-order valence-electron chi connectivity index (χ2n) is 4.95. The molecule has 5 heteroatoms. The molecule has 0 saturated heterocycles. The van der Waals surface area contributed by atoms with Gasteiger partial charge in [-0.15, -0.1) is 0 Å². The summed E-state index contributed by atoms with van der Waals surface area (Å²) in [5, 5.41) is 11.8. The Hall–Kier alpha value is -3.00. The molecule has 1 atom stereocenters. The minimum Gasteiger partial charge on any atom is -0.345 e. The van der Waals surface area contributed by atoms with Crippen molar-refractivity contribution in [1.82, 2.24) is 5.32 Å². The van der Waals surface area contributed by atoms with Crippen molar-refractivity contribution in [1.29, 1.82) is 5.26 Å². The highest BCUT2D eigenvalue weighted by Gasteiger charge is 2.14. The van der Waals surface area contributed by atoms with E-state index in [1.165, 1.54) is 12.1 Å². The average molecular weight is 312 g/mol. The number of nitriles is 1. The van der Waals surface area contributed by atoms with Crippen LogP contribution in [0, 0.1) is 23.0 Å². The Bertz CT molecular complexity index is 779. The Morgan fingerprint density at radius 1 is 1.17 bits per heavy atom. The second-order valence-corrected chi connectivity index (χ2v) is 4.95. The maximum absolute atomic E-state index is 13.2. The van der Waals surface area contributed by atoms with Crippen molar-refractivity contribution in [2.24, 2.45) is 0 Å². The van der Waals surface area contributed by atoms with Gasteiger partial charge in [0.15, 0.2) is 11.6 Å². The average Bonchev–Trinajstić information content (AvgIpc) is 2.56. The number of carbonyl (C=O) groups is 1. The van der Waals surface area contributed by atoms with Crippen LogP contribution >= 0.6 is 0 Å². The highest BCUT2D eigenvalue weighted by Crippen LogP contribution is 2.15. The number of hydrogen-bond donors (Lipinski definition) is 1. The molecule has 0 saturated carbocycles. The fourth-order valence-corrected chi connectivity index (χ4v) is 2.02. The molecule has 0 fully saturated rings. The van der Waals surface area contributed by atoms with Gasteiger partial charge >= 0.3 is 0 Å². The van der Waals surface area contributed by atoms with Gasteiger partial charge in [0.1, 0.15) is 11.6 Å². The first-order valence-electron chi connectivity index (χ1n) is 6.94. The van der Waals surface area contributed by atoms with Crippen LogP contribution in [0.4, 0.5) is 8.78 Å². The van der Waals surface area contributed by atoms with E-state index in [0.29, 0.717) is 0 Å². The van der Waals surface area contributed by atoms with Crippen LogP contribution in [0.1, 0.15) is 24.1 Å². The standard InChI is InChI=1S/C18H14F2N2O/c1-12(14-5-3-2-4-6-14)22-18(23)15(11-21)9-13-7-8-16(19)17(20)10-13/h2-10,12H,1H3,(H,22,23)/b15-9+. The summed E-state index contributed by atoms with van der Waals surface area (Å²) in [5.74, 6) is -2.59. The Kier molecular flexibility index (Phi) is 5.21. The van der Waals surface area contributed by atoms with Gasteiger partial charge in [-0.2, -0.15) is 5.26 Å². The number of nitrogens with zero attached hydrogens (tertiary/aromatic N) is 1. The minimum absolute atomic E-state index is 0.182. The smallest absolute Gasteiger partial charge is 0.262 e. The van der Waals surface area contributed by atoms with Gasteiger partial charge in [-0.3, -0.25) is 4.79 Å². The molecule has 0 aliphatic rings. The maximum Gasteiger partial charge on any atom is 0.262 e. The summed E-state index contributed by atoms with van der Waals surface area (Å²) in [6.45, 7) is 1.79.